The van der Waals surface area contributed by atoms with Crippen LogP contribution in [-0.4, -0.2) is 75.3 Å². The molecule has 1 aromatic heterocycles. The summed E-state index contributed by atoms with van der Waals surface area (Å²) in [7, 11) is 0. The molecule has 1 spiro atoms. The normalized spacial score (nSPS) is 23.9. The van der Waals surface area contributed by atoms with E-state index < -0.39 is 52.6 Å². The number of para-hydroxylation sites is 1. The van der Waals surface area contributed by atoms with Crippen molar-refractivity contribution in [2.45, 2.75) is 115 Å². The fourth-order valence-corrected chi connectivity index (χ4v) is 7.66. The molecule has 3 heterocycles. The fraction of sp³-hybridized carbons (Fsp3) is 0.595. The van der Waals surface area contributed by atoms with Crippen LogP contribution in [0.1, 0.15) is 97.0 Å². The highest BCUT2D eigenvalue weighted by Gasteiger charge is 2.56. The predicted molar refractivity (Wildman–Crippen MR) is 183 cm³/mol. The van der Waals surface area contributed by atoms with Gasteiger partial charge in [0, 0.05) is 36.4 Å². The number of carbonyl (C=O) groups excluding carboxylic acids is 5. The second-order valence-corrected chi connectivity index (χ2v) is 15.6. The van der Waals surface area contributed by atoms with E-state index in [1.807, 2.05) is 51.1 Å². The van der Waals surface area contributed by atoms with E-state index in [1.165, 1.54) is 11.3 Å². The summed E-state index contributed by atoms with van der Waals surface area (Å²) in [5.41, 5.74) is 5.88. The minimum absolute atomic E-state index is 0.0389. The lowest BCUT2D eigenvalue weighted by Gasteiger charge is -2.36. The van der Waals surface area contributed by atoms with Gasteiger partial charge in [-0.15, -0.1) is 0 Å². The van der Waals surface area contributed by atoms with E-state index in [0.717, 1.165) is 55.0 Å². The van der Waals surface area contributed by atoms with Crippen LogP contribution in [0.3, 0.4) is 0 Å². The van der Waals surface area contributed by atoms with Crippen molar-refractivity contribution in [1.29, 1.82) is 0 Å². The van der Waals surface area contributed by atoms with Crippen LogP contribution in [0.5, 0.6) is 0 Å². The summed E-state index contributed by atoms with van der Waals surface area (Å²) in [4.78, 5) is 79.0. The Hall–Kier alpha value is -4.35. The number of pyridine rings is 1. The SMILES string of the molecule is CC(C)(C)[C@H](NC(=O)CC1CCCCC1)C(=O)N1C[C@@]2(CC(c3cccc4cccnc34)=NO2)CC1C(=O)N[C@@H](CC1CC1)C(=O)C(N)=O. The topological polar surface area (TPSA) is 173 Å². The molecule has 2 aromatic rings. The van der Waals surface area contributed by atoms with Crippen LogP contribution in [0.15, 0.2) is 41.7 Å². The Morgan fingerprint density at radius 3 is 2.43 bits per heavy atom. The van der Waals surface area contributed by atoms with Gasteiger partial charge >= 0.3 is 0 Å². The van der Waals surface area contributed by atoms with Crippen LogP contribution in [0.2, 0.25) is 0 Å². The molecule has 1 unspecified atom stereocenters. The van der Waals surface area contributed by atoms with Gasteiger partial charge < -0.3 is 26.1 Å². The molecule has 12 nitrogen and oxygen atoms in total. The third-order valence-electron chi connectivity index (χ3n) is 10.5. The molecule has 4 amide bonds. The average molecular weight is 673 g/mol. The van der Waals surface area contributed by atoms with E-state index in [0.29, 0.717) is 25.0 Å². The monoisotopic (exact) mass is 672 g/mol. The Morgan fingerprint density at radius 1 is 1.00 bits per heavy atom. The predicted octanol–water partition coefficient (Wildman–Crippen LogP) is 3.54. The molecule has 12 heteroatoms. The van der Waals surface area contributed by atoms with E-state index in [1.54, 1.807) is 6.20 Å². The molecule has 2 aliphatic heterocycles. The summed E-state index contributed by atoms with van der Waals surface area (Å²) >= 11 is 0. The van der Waals surface area contributed by atoms with E-state index in [-0.39, 0.29) is 30.7 Å². The number of aromatic nitrogens is 1. The van der Waals surface area contributed by atoms with Crippen molar-refractivity contribution in [1.82, 2.24) is 20.5 Å². The van der Waals surface area contributed by atoms with Gasteiger partial charge in [0.1, 0.15) is 12.1 Å². The van der Waals surface area contributed by atoms with Crippen molar-refractivity contribution >= 4 is 46.0 Å². The molecule has 3 fully saturated rings. The molecule has 2 aliphatic carbocycles. The van der Waals surface area contributed by atoms with E-state index in [2.05, 4.69) is 20.8 Å². The van der Waals surface area contributed by atoms with Gasteiger partial charge in [0.15, 0.2) is 5.60 Å². The van der Waals surface area contributed by atoms with Gasteiger partial charge in [0.25, 0.3) is 5.91 Å². The third-order valence-corrected chi connectivity index (χ3v) is 10.5. The lowest BCUT2D eigenvalue weighted by atomic mass is 9.84. The van der Waals surface area contributed by atoms with Crippen LogP contribution in [-0.2, 0) is 28.8 Å². The van der Waals surface area contributed by atoms with E-state index in [4.69, 9.17) is 10.6 Å². The van der Waals surface area contributed by atoms with Crippen molar-refractivity contribution in [3.63, 3.8) is 0 Å². The second-order valence-electron chi connectivity index (χ2n) is 15.6. The molecule has 4 aliphatic rings. The molecule has 1 saturated heterocycles. The fourth-order valence-electron chi connectivity index (χ4n) is 7.66. The van der Waals surface area contributed by atoms with Crippen molar-refractivity contribution in [2.75, 3.05) is 6.54 Å². The Bertz CT molecular complexity index is 1650. The zero-order valence-electron chi connectivity index (χ0n) is 28.7. The molecule has 4 atom stereocenters. The van der Waals surface area contributed by atoms with Gasteiger partial charge in [0.05, 0.1) is 23.8 Å². The second kappa shape index (κ2) is 13.9. The number of rotatable bonds is 11. The summed E-state index contributed by atoms with van der Waals surface area (Å²) < 4.78 is 0. The van der Waals surface area contributed by atoms with Gasteiger partial charge in [-0.1, -0.05) is 82.3 Å². The number of primary amides is 1. The van der Waals surface area contributed by atoms with Crippen LogP contribution >= 0.6 is 0 Å². The first-order chi connectivity index (χ1) is 23.3. The first-order valence-electron chi connectivity index (χ1n) is 17.7. The van der Waals surface area contributed by atoms with Gasteiger partial charge in [0.2, 0.25) is 23.5 Å². The molecule has 0 bridgehead atoms. The van der Waals surface area contributed by atoms with Gasteiger partial charge in [-0.3, -0.25) is 29.0 Å². The van der Waals surface area contributed by atoms with E-state index in [9.17, 15) is 24.0 Å². The van der Waals surface area contributed by atoms with Gasteiger partial charge in [-0.25, -0.2) is 0 Å². The largest absolute Gasteiger partial charge is 0.387 e. The number of fused-ring (bicyclic) bond motifs is 1. The highest BCUT2D eigenvalue weighted by atomic mass is 16.7. The van der Waals surface area contributed by atoms with Crippen molar-refractivity contribution < 1.29 is 28.8 Å². The smallest absolute Gasteiger partial charge is 0.287 e. The molecular weight excluding hydrogens is 624 g/mol. The minimum Gasteiger partial charge on any atom is -0.387 e. The first-order valence-corrected chi connectivity index (χ1v) is 17.7. The third kappa shape index (κ3) is 7.78. The first kappa shape index (κ1) is 34.5. The number of amides is 4. The minimum atomic E-state index is -1.11. The summed E-state index contributed by atoms with van der Waals surface area (Å²) in [5.74, 6) is -2.64. The number of oxime groups is 1. The highest BCUT2D eigenvalue weighted by molar-refractivity contribution is 6.37. The molecule has 0 radical (unpaired) electrons. The molecule has 2 saturated carbocycles. The van der Waals surface area contributed by atoms with Crippen molar-refractivity contribution in [3.05, 3.63) is 42.1 Å². The van der Waals surface area contributed by atoms with Gasteiger partial charge in [-0.05, 0) is 42.6 Å². The lowest BCUT2D eigenvalue weighted by molar-refractivity contribution is -0.145. The highest BCUT2D eigenvalue weighted by Crippen LogP contribution is 2.41. The Kier molecular flexibility index (Phi) is 9.77. The number of benzene rings is 1. The number of carbonyl (C=O) groups is 5. The number of Topliss-reactive ketones (excluding diaryl/α,β-unsaturated/α-hetero) is 1. The van der Waals surface area contributed by atoms with Crippen LogP contribution in [0.25, 0.3) is 10.9 Å². The maximum Gasteiger partial charge on any atom is 0.287 e. The van der Waals surface area contributed by atoms with Crippen LogP contribution < -0.4 is 16.4 Å². The lowest BCUT2D eigenvalue weighted by Crippen LogP contribution is -2.59. The molecule has 49 heavy (non-hydrogen) atoms. The number of hydrogen-bond acceptors (Lipinski definition) is 8. The maximum absolute atomic E-state index is 14.6. The molecule has 262 valence electrons. The summed E-state index contributed by atoms with van der Waals surface area (Å²) in [6.45, 7) is 5.69. The zero-order valence-corrected chi connectivity index (χ0v) is 28.7. The average Bonchev–Trinajstić information content (AvgIpc) is 3.68. The van der Waals surface area contributed by atoms with Crippen molar-refractivity contribution in [2.24, 2.45) is 28.1 Å². The summed E-state index contributed by atoms with van der Waals surface area (Å²) in [5, 5.41) is 11.2. The number of nitrogens with two attached hydrogens (primary N) is 1. The number of ketones is 1. The Morgan fingerprint density at radius 2 is 1.73 bits per heavy atom. The summed E-state index contributed by atoms with van der Waals surface area (Å²) in [6.07, 6.45) is 9.97. The molecule has 4 N–H and O–H groups in total. The quantitative estimate of drug-likeness (QED) is 0.306. The number of nitrogens with zero attached hydrogens (tertiary/aromatic N) is 3. The molecule has 6 rings (SSSR count). The summed E-state index contributed by atoms with van der Waals surface area (Å²) in [6, 6.07) is 6.59. The van der Waals surface area contributed by atoms with E-state index >= 15 is 0 Å². The van der Waals surface area contributed by atoms with Gasteiger partial charge in [-0.2, -0.15) is 0 Å². The number of likely N-dealkylation sites (tertiary alicyclic amines) is 1. The maximum atomic E-state index is 14.6. The number of nitrogens with one attached hydrogen (secondary N) is 2. The van der Waals surface area contributed by atoms with Crippen molar-refractivity contribution in [3.8, 4) is 0 Å². The Balaban J connectivity index is 1.27. The Labute approximate surface area is 286 Å². The molecular formula is C37H48N6O6. The standard InChI is InChI=1S/C37H48N6O6/c1-36(2,3)32(41-29(44)18-22-9-5-4-6-10-22)35(48)43-21-37(19-27(42-49-37)25-13-7-11-24-12-8-16-39-30(24)25)20-28(43)34(47)40-26(17-23-14-15-23)31(45)33(38)46/h7-8,11-13,16,22-23,26,28,32H,4-6,9-10,14-15,17-21H2,1-3H3,(H2,38,46)(H,40,47)(H,41,44)/t26-,28?,32+,37+/m0/s1. The van der Waals surface area contributed by atoms with Crippen LogP contribution in [0.4, 0.5) is 0 Å². The zero-order chi connectivity index (χ0) is 34.9. The molecule has 1 aromatic carbocycles. The van der Waals surface area contributed by atoms with Crippen LogP contribution in [0, 0.1) is 17.3 Å². The number of hydrogen-bond donors (Lipinski definition) is 3.